The second-order valence-corrected chi connectivity index (χ2v) is 28.4. The van der Waals surface area contributed by atoms with Gasteiger partial charge in [0.05, 0.1) is 50.1 Å². The third-order valence-corrected chi connectivity index (χ3v) is 19.6. The predicted molar refractivity (Wildman–Crippen MR) is 434 cm³/mol. The van der Waals surface area contributed by atoms with Crippen LogP contribution in [0.5, 0.6) is 23.5 Å². The van der Waals surface area contributed by atoms with E-state index in [1.165, 1.54) is 21.4 Å². The highest BCUT2D eigenvalue weighted by Gasteiger charge is 2.41. The zero-order valence-corrected chi connectivity index (χ0v) is 65.5. The van der Waals surface area contributed by atoms with Gasteiger partial charge in [-0.2, -0.15) is 38.5 Å². The van der Waals surface area contributed by atoms with E-state index in [0.717, 1.165) is 69.9 Å². The molecule has 118 heavy (non-hydrogen) atoms. The molecule has 0 aliphatic heterocycles. The maximum Gasteiger partial charge on any atom is 0.257 e. The molecule has 6 aliphatic carbocycles. The number of nitrogens with zero attached hydrogens (tertiary/aromatic N) is 16. The van der Waals surface area contributed by atoms with E-state index in [1.54, 1.807) is 131 Å². The van der Waals surface area contributed by atoms with Crippen molar-refractivity contribution in [3.8, 4) is 23.5 Å². The van der Waals surface area contributed by atoms with Gasteiger partial charge in [-0.1, -0.05) is 0 Å². The Morgan fingerprint density at radius 1 is 0.398 bits per heavy atom. The van der Waals surface area contributed by atoms with Crippen LogP contribution in [0.1, 0.15) is 118 Å². The van der Waals surface area contributed by atoms with E-state index in [-0.39, 0.29) is 47.2 Å². The Bertz CT molecular complexity index is 5260. The summed E-state index contributed by atoms with van der Waals surface area (Å²) in [7, 11) is 10.3. The highest BCUT2D eigenvalue weighted by atomic mass is 19.1. The Labute approximate surface area is 673 Å². The van der Waals surface area contributed by atoms with Crippen LogP contribution in [0.3, 0.4) is 0 Å². The van der Waals surface area contributed by atoms with Crippen LogP contribution in [0.4, 0.5) is 78.1 Å². The lowest BCUT2D eigenvalue weighted by Gasteiger charge is -2.26. The number of hydrogen-bond acceptors (Lipinski definition) is 30. The molecule has 0 unspecified atom stereocenters. The van der Waals surface area contributed by atoms with Gasteiger partial charge in [0, 0.05) is 116 Å². The molecule has 0 aromatic carbocycles. The quantitative estimate of drug-likeness (QED) is 0.0175. The van der Waals surface area contributed by atoms with Crippen LogP contribution >= 0.6 is 0 Å². The lowest BCUT2D eigenvalue weighted by molar-refractivity contribution is 0.0910. The normalized spacial score (nSPS) is 16.9. The molecule has 12 N–H and O–H groups in total. The Hall–Kier alpha value is -13.7. The van der Waals surface area contributed by atoms with Crippen LogP contribution in [-0.4, -0.2) is 220 Å². The zero-order valence-electron chi connectivity index (χ0n) is 65.5. The van der Waals surface area contributed by atoms with E-state index >= 15 is 0 Å². The second-order valence-electron chi connectivity index (χ2n) is 28.4. The molecule has 0 radical (unpaired) electrons. The Kier molecular flexibility index (Phi) is 24.6. The van der Waals surface area contributed by atoms with E-state index in [4.69, 9.17) is 28.4 Å². The van der Waals surface area contributed by atoms with E-state index in [1.807, 2.05) is 30.3 Å². The number of halogens is 2. The van der Waals surface area contributed by atoms with Crippen molar-refractivity contribution in [3.05, 3.63) is 145 Å². The number of hydrogen-bond donors (Lipinski definition) is 12. The van der Waals surface area contributed by atoms with Crippen molar-refractivity contribution in [2.75, 3.05) is 111 Å². The number of carbonyl (C=O) groups excluding carboxylic acids is 4. The monoisotopic (exact) mass is 1620 g/mol. The molecule has 40 heteroatoms. The lowest BCUT2D eigenvalue weighted by atomic mass is 9.93. The fourth-order valence-corrected chi connectivity index (χ4v) is 12.3. The minimum Gasteiger partial charge on any atom is -0.474 e. The lowest BCUT2D eigenvalue weighted by Crippen LogP contribution is -2.39. The summed E-state index contributed by atoms with van der Waals surface area (Å²) < 4.78 is 65.7. The van der Waals surface area contributed by atoms with Gasteiger partial charge in [-0.25, -0.2) is 48.7 Å². The standard InChI is InChI=1S/C20H25N7O3.C20H23N7O2.C19H22FN7O3.C19H20FN7O2/c1-21-17-11-16(25-15-7-4-8-22-20(15)30-10-9-29-2)26-18-14(12-23-27(17)18)19(28)24-13-5-3-6-13;1-21-17-10-16(25-15-6-3-9-22-20(15)29-13-7-8-13)26-18-14(11-23-27(17)18)19(28)24-12-4-2-5-12;1-21-16-9-15(24-13-4-3-5-22-19(13)30-7-6-29-2)26-17-11(10-23-27(16)17)18(28)25-14-8-12(14)20;1-21-16-8-15(24-13-3-2-6-22-19(13)29-10-4-5-10)26-17-11(9-23-27(16)17)18(28)25-14-7-12(14)20/h4,7-8,11-13,21H,3,5-6,9-10H2,1-2H3,(H,24,28)(H,25,26);3,6,9-13,21H,2,4-5,7-8H2,1H3,(H,24,28)(H,25,26);3-5,9-10,12,14,21H,6-8H2,1-2H3,(H,24,26)(H,25,28);2-3,6,8-10,12,14,21H,4-5,7H2,1H3,(H,24,26)(H,25,28)/t;;2*12-,14+/m..11/s1. The number of alkyl halides is 2. The highest BCUT2D eigenvalue weighted by Crippen LogP contribution is 2.37. The molecule has 6 saturated carbocycles. The average molecular weight is 1620 g/mol. The van der Waals surface area contributed by atoms with Gasteiger partial charge in [-0.15, -0.1) is 0 Å². The van der Waals surface area contributed by atoms with Crippen LogP contribution in [0.15, 0.2) is 122 Å². The third-order valence-electron chi connectivity index (χ3n) is 19.6. The number of amides is 4. The Morgan fingerprint density at radius 2 is 0.678 bits per heavy atom. The first-order valence-electron chi connectivity index (χ1n) is 38.9. The van der Waals surface area contributed by atoms with E-state index < -0.39 is 36.2 Å². The van der Waals surface area contributed by atoms with Crippen molar-refractivity contribution in [2.45, 2.75) is 126 Å². The van der Waals surface area contributed by atoms with E-state index in [2.05, 4.69) is 124 Å². The summed E-state index contributed by atoms with van der Waals surface area (Å²) in [5, 5.41) is 53.7. The van der Waals surface area contributed by atoms with Gasteiger partial charge in [-0.05, 0) is 113 Å². The SMILES string of the molecule is CNc1cc(Nc2cccnc2OC2CC2)nc2c(C(=O)NC3CCC3)cnn12.CNc1cc(Nc2cccnc2OC2CC2)nc2c(C(=O)N[C@H]3C[C@H]3F)cnn12.CNc1cc(Nc2cccnc2OCCOC)nc2c(C(=O)NC3CCC3)cnn12.CNc1cc(Nc2cccnc2OCCOC)nc2c(C(=O)N[C@H]3C[C@H]3F)cnn12. The third kappa shape index (κ3) is 19.1. The maximum absolute atomic E-state index is 13.2. The van der Waals surface area contributed by atoms with Crippen LogP contribution in [0, 0.1) is 0 Å². The second kappa shape index (κ2) is 36.4. The molecule has 0 saturated heterocycles. The van der Waals surface area contributed by atoms with Gasteiger partial charge in [0.25, 0.3) is 23.6 Å². The van der Waals surface area contributed by atoms with Crippen LogP contribution in [-0.2, 0) is 9.47 Å². The average Bonchev–Trinajstić information content (AvgIpc) is 1.67. The summed E-state index contributed by atoms with van der Waals surface area (Å²) in [5.41, 5.74) is 5.77. The first-order chi connectivity index (χ1) is 57.6. The topological polar surface area (TPSA) is 440 Å². The number of fused-ring (bicyclic) bond motifs is 4. The molecule has 6 aliphatic rings. The molecule has 4 amide bonds. The molecule has 0 spiro atoms. The van der Waals surface area contributed by atoms with Crippen molar-refractivity contribution in [2.24, 2.45) is 0 Å². The molecule has 0 bridgehead atoms. The molecule has 12 aromatic rings. The van der Waals surface area contributed by atoms with Gasteiger partial charge in [0.1, 0.15) is 129 Å². The number of nitrogens with one attached hydrogen (secondary N) is 12. The molecular weight excluding hydrogens is 1530 g/mol. The van der Waals surface area contributed by atoms with Crippen LogP contribution < -0.4 is 82.7 Å². The highest BCUT2D eigenvalue weighted by molar-refractivity contribution is 6.03. The number of anilines is 12. The van der Waals surface area contributed by atoms with Crippen LogP contribution in [0.2, 0.25) is 0 Å². The number of methoxy groups -OCH3 is 2. The number of carbonyl (C=O) groups is 4. The van der Waals surface area contributed by atoms with Crippen LogP contribution in [0.25, 0.3) is 22.6 Å². The minimum absolute atomic E-state index is 0.143. The van der Waals surface area contributed by atoms with E-state index in [9.17, 15) is 28.0 Å². The first-order valence-corrected chi connectivity index (χ1v) is 38.9. The van der Waals surface area contributed by atoms with Gasteiger partial charge in [0.2, 0.25) is 23.5 Å². The fourth-order valence-electron chi connectivity index (χ4n) is 12.3. The van der Waals surface area contributed by atoms with Gasteiger partial charge >= 0.3 is 0 Å². The molecule has 38 nitrogen and oxygen atoms in total. The Balaban J connectivity index is 0.000000123. The van der Waals surface area contributed by atoms with Crippen molar-refractivity contribution >= 4 is 116 Å². The van der Waals surface area contributed by atoms with Crippen molar-refractivity contribution in [1.29, 1.82) is 0 Å². The summed E-state index contributed by atoms with van der Waals surface area (Å²) in [6.45, 7) is 1.61. The smallest absolute Gasteiger partial charge is 0.257 e. The van der Waals surface area contributed by atoms with Gasteiger partial charge in [-0.3, -0.25) is 19.2 Å². The largest absolute Gasteiger partial charge is 0.474 e. The number of aromatic nitrogens is 16. The molecule has 12 aromatic heterocycles. The van der Waals surface area contributed by atoms with Crippen molar-refractivity contribution in [3.63, 3.8) is 0 Å². The molecule has 18 rings (SSSR count). The van der Waals surface area contributed by atoms with Gasteiger partial charge < -0.3 is 92.2 Å². The zero-order chi connectivity index (χ0) is 81.8. The molecule has 6 fully saturated rings. The molecule has 12 heterocycles. The number of ether oxygens (including phenoxy) is 6. The summed E-state index contributed by atoms with van der Waals surface area (Å²) >= 11 is 0. The van der Waals surface area contributed by atoms with Crippen molar-refractivity contribution in [1.82, 2.24) is 99.6 Å². The summed E-state index contributed by atoms with van der Waals surface area (Å²) in [5.74, 6) is 5.53. The first kappa shape index (κ1) is 79.6. The molecule has 616 valence electrons. The maximum atomic E-state index is 13.2. The fraction of sp³-hybridized carbons (Fsp3) is 0.385. The number of rotatable bonds is 32. The Morgan fingerprint density at radius 3 is 0.932 bits per heavy atom. The summed E-state index contributed by atoms with van der Waals surface area (Å²) in [6, 6.07) is 21.4. The minimum atomic E-state index is -0.990. The van der Waals surface area contributed by atoms with E-state index in [0.29, 0.717) is 160 Å². The number of pyridine rings is 4. The van der Waals surface area contributed by atoms with Gasteiger partial charge in [0.15, 0.2) is 22.6 Å². The summed E-state index contributed by atoms with van der Waals surface area (Å²) in [6.07, 6.45) is 22.3. The summed E-state index contributed by atoms with van der Waals surface area (Å²) in [4.78, 5) is 86.0. The predicted octanol–water partition coefficient (Wildman–Crippen LogP) is 9.02. The molecule has 4 atom stereocenters. The molecular formula is C78H90F2N28O10. The van der Waals surface area contributed by atoms with Crippen molar-refractivity contribution < 1.29 is 56.4 Å².